The minimum atomic E-state index is 0.235. The lowest BCUT2D eigenvalue weighted by Crippen LogP contribution is -2.42. The van der Waals surface area contributed by atoms with Gasteiger partial charge in [0.2, 0.25) is 0 Å². The Morgan fingerprint density at radius 3 is 2.71 bits per heavy atom. The van der Waals surface area contributed by atoms with Crippen LogP contribution in [0.4, 0.5) is 0 Å². The number of hydrogen-bond acceptors (Lipinski definition) is 2. The molecule has 0 bridgehead atoms. The van der Waals surface area contributed by atoms with Crippen molar-refractivity contribution in [1.82, 2.24) is 5.32 Å². The summed E-state index contributed by atoms with van der Waals surface area (Å²) in [4.78, 5) is 0. The Morgan fingerprint density at radius 1 is 1.36 bits per heavy atom. The molecule has 1 heterocycles. The van der Waals surface area contributed by atoms with Gasteiger partial charge in [-0.2, -0.15) is 0 Å². The number of rotatable bonds is 2. The Hall–Kier alpha value is -0.860. The molecule has 0 spiro atoms. The van der Waals surface area contributed by atoms with Gasteiger partial charge in [-0.3, -0.25) is 0 Å². The van der Waals surface area contributed by atoms with Crippen molar-refractivity contribution in [3.8, 4) is 0 Å². The van der Waals surface area contributed by atoms with Gasteiger partial charge in [-0.1, -0.05) is 37.3 Å². The molecule has 0 aromatic heterocycles. The minimum absolute atomic E-state index is 0.235. The molecule has 1 aromatic rings. The van der Waals surface area contributed by atoms with Crippen LogP contribution in [0, 0.1) is 0 Å². The van der Waals surface area contributed by atoms with Gasteiger partial charge in [0.25, 0.3) is 0 Å². The fourth-order valence-electron chi connectivity index (χ4n) is 1.77. The normalized spacial score (nSPS) is 27.5. The highest BCUT2D eigenvalue weighted by Gasteiger charge is 2.20. The highest BCUT2D eigenvalue weighted by Crippen LogP contribution is 2.19. The molecule has 2 nitrogen and oxygen atoms in total. The number of benzene rings is 1. The van der Waals surface area contributed by atoms with Gasteiger partial charge < -0.3 is 10.1 Å². The second-order valence-electron chi connectivity index (χ2n) is 3.75. The standard InChI is InChI=1S/C12H17NO/c1-2-11-9-14-12(8-13-11)10-6-4-3-5-7-10/h3-7,11-13H,2,8-9H2,1H3. The van der Waals surface area contributed by atoms with Crippen molar-refractivity contribution in [2.45, 2.75) is 25.5 Å². The van der Waals surface area contributed by atoms with Gasteiger partial charge in [-0.25, -0.2) is 0 Å². The van der Waals surface area contributed by atoms with Crippen molar-refractivity contribution >= 4 is 0 Å². The first-order chi connectivity index (χ1) is 6.90. The molecule has 2 unspecified atom stereocenters. The van der Waals surface area contributed by atoms with Crippen LogP contribution in [0.15, 0.2) is 30.3 Å². The molecular formula is C12H17NO. The Bertz CT molecular complexity index is 265. The number of morpholine rings is 1. The fourth-order valence-corrected chi connectivity index (χ4v) is 1.77. The Kier molecular flexibility index (Phi) is 3.17. The predicted molar refractivity (Wildman–Crippen MR) is 57.2 cm³/mol. The van der Waals surface area contributed by atoms with Gasteiger partial charge in [0.1, 0.15) is 0 Å². The number of hydrogen-bond donors (Lipinski definition) is 1. The van der Waals surface area contributed by atoms with Crippen LogP contribution in [0.1, 0.15) is 25.0 Å². The van der Waals surface area contributed by atoms with Crippen LogP contribution in [0.25, 0.3) is 0 Å². The molecule has 2 rings (SSSR count). The third-order valence-electron chi connectivity index (χ3n) is 2.75. The molecule has 1 saturated heterocycles. The Morgan fingerprint density at radius 2 is 2.14 bits per heavy atom. The van der Waals surface area contributed by atoms with E-state index >= 15 is 0 Å². The molecule has 0 amide bonds. The largest absolute Gasteiger partial charge is 0.371 e. The summed E-state index contributed by atoms with van der Waals surface area (Å²) in [6, 6.07) is 10.9. The van der Waals surface area contributed by atoms with Crippen LogP contribution in [-0.4, -0.2) is 19.2 Å². The van der Waals surface area contributed by atoms with Gasteiger partial charge in [-0.15, -0.1) is 0 Å². The molecule has 1 aliphatic rings. The monoisotopic (exact) mass is 191 g/mol. The van der Waals surface area contributed by atoms with Crippen LogP contribution in [0.3, 0.4) is 0 Å². The van der Waals surface area contributed by atoms with E-state index in [2.05, 4.69) is 36.5 Å². The topological polar surface area (TPSA) is 21.3 Å². The summed E-state index contributed by atoms with van der Waals surface area (Å²) >= 11 is 0. The van der Waals surface area contributed by atoms with Crippen molar-refractivity contribution in [3.05, 3.63) is 35.9 Å². The van der Waals surface area contributed by atoms with Crippen molar-refractivity contribution in [2.75, 3.05) is 13.2 Å². The lowest BCUT2D eigenvalue weighted by atomic mass is 10.1. The third-order valence-corrected chi connectivity index (χ3v) is 2.75. The molecule has 1 fully saturated rings. The maximum absolute atomic E-state index is 5.81. The Balaban J connectivity index is 1.96. The second-order valence-corrected chi connectivity index (χ2v) is 3.75. The summed E-state index contributed by atoms with van der Waals surface area (Å²) in [5.74, 6) is 0. The summed E-state index contributed by atoms with van der Waals surface area (Å²) in [6.45, 7) is 3.95. The molecule has 0 aliphatic carbocycles. The van der Waals surface area contributed by atoms with Crippen LogP contribution in [0.2, 0.25) is 0 Å². The molecule has 14 heavy (non-hydrogen) atoms. The predicted octanol–water partition coefficient (Wildman–Crippen LogP) is 2.13. The van der Waals surface area contributed by atoms with Gasteiger partial charge in [0.05, 0.1) is 12.7 Å². The van der Waals surface area contributed by atoms with E-state index in [-0.39, 0.29) is 6.10 Å². The summed E-state index contributed by atoms with van der Waals surface area (Å²) in [5, 5.41) is 3.49. The molecule has 1 N–H and O–H groups in total. The quantitative estimate of drug-likeness (QED) is 0.773. The average Bonchev–Trinajstić information content (AvgIpc) is 2.30. The summed E-state index contributed by atoms with van der Waals surface area (Å²) in [5.41, 5.74) is 1.27. The maximum Gasteiger partial charge on any atom is 0.0950 e. The first-order valence-electron chi connectivity index (χ1n) is 5.30. The molecule has 2 heteroatoms. The van der Waals surface area contributed by atoms with Crippen LogP contribution < -0.4 is 5.32 Å². The smallest absolute Gasteiger partial charge is 0.0950 e. The van der Waals surface area contributed by atoms with Crippen molar-refractivity contribution in [2.24, 2.45) is 0 Å². The highest BCUT2D eigenvalue weighted by atomic mass is 16.5. The SMILES string of the molecule is CCC1COC(c2ccccc2)CN1. The van der Waals surface area contributed by atoms with Crippen molar-refractivity contribution < 1.29 is 4.74 Å². The lowest BCUT2D eigenvalue weighted by molar-refractivity contribution is 0.00223. The average molecular weight is 191 g/mol. The minimum Gasteiger partial charge on any atom is -0.371 e. The highest BCUT2D eigenvalue weighted by molar-refractivity contribution is 5.18. The van der Waals surface area contributed by atoms with E-state index in [1.54, 1.807) is 0 Å². The molecule has 0 saturated carbocycles. The number of ether oxygens (including phenoxy) is 1. The van der Waals surface area contributed by atoms with Crippen LogP contribution >= 0.6 is 0 Å². The molecule has 1 aliphatic heterocycles. The van der Waals surface area contributed by atoms with Crippen LogP contribution in [-0.2, 0) is 4.74 Å². The van der Waals surface area contributed by atoms with E-state index in [1.807, 2.05) is 6.07 Å². The fraction of sp³-hybridized carbons (Fsp3) is 0.500. The second kappa shape index (κ2) is 4.58. The van der Waals surface area contributed by atoms with Crippen molar-refractivity contribution in [3.63, 3.8) is 0 Å². The van der Waals surface area contributed by atoms with Gasteiger partial charge in [0.15, 0.2) is 0 Å². The Labute approximate surface area is 85.3 Å². The van der Waals surface area contributed by atoms with E-state index in [1.165, 1.54) is 5.56 Å². The van der Waals surface area contributed by atoms with E-state index in [4.69, 9.17) is 4.74 Å². The van der Waals surface area contributed by atoms with E-state index < -0.39 is 0 Å². The number of nitrogens with one attached hydrogen (secondary N) is 1. The lowest BCUT2D eigenvalue weighted by Gasteiger charge is -2.30. The van der Waals surface area contributed by atoms with Crippen LogP contribution in [0.5, 0.6) is 0 Å². The van der Waals surface area contributed by atoms with E-state index in [9.17, 15) is 0 Å². The zero-order valence-electron chi connectivity index (χ0n) is 8.57. The molecular weight excluding hydrogens is 174 g/mol. The first kappa shape index (κ1) is 9.69. The molecule has 2 atom stereocenters. The summed E-state index contributed by atoms with van der Waals surface area (Å²) < 4.78 is 5.81. The maximum atomic E-state index is 5.81. The molecule has 76 valence electrons. The summed E-state index contributed by atoms with van der Waals surface area (Å²) in [7, 11) is 0. The van der Waals surface area contributed by atoms with Gasteiger partial charge in [0, 0.05) is 12.6 Å². The van der Waals surface area contributed by atoms with E-state index in [0.29, 0.717) is 6.04 Å². The van der Waals surface area contributed by atoms with Gasteiger partial charge in [-0.05, 0) is 12.0 Å². The summed E-state index contributed by atoms with van der Waals surface area (Å²) in [6.07, 6.45) is 1.38. The zero-order chi connectivity index (χ0) is 9.80. The molecule has 0 radical (unpaired) electrons. The third kappa shape index (κ3) is 2.14. The zero-order valence-corrected chi connectivity index (χ0v) is 8.57. The molecule has 1 aromatic carbocycles. The van der Waals surface area contributed by atoms with Gasteiger partial charge >= 0.3 is 0 Å². The first-order valence-corrected chi connectivity index (χ1v) is 5.30. The van der Waals surface area contributed by atoms with E-state index in [0.717, 1.165) is 19.6 Å². The van der Waals surface area contributed by atoms with Crippen molar-refractivity contribution in [1.29, 1.82) is 0 Å².